The van der Waals surface area contributed by atoms with Crippen LogP contribution in [0.25, 0.3) is 22.4 Å². The lowest BCUT2D eigenvalue weighted by Gasteiger charge is -2.03. The number of ether oxygens (including phenoxy) is 3. The minimum Gasteiger partial charge on any atom is -0.497 e. The third-order valence-corrected chi connectivity index (χ3v) is 5.29. The summed E-state index contributed by atoms with van der Waals surface area (Å²) in [5, 5.41) is 6.14. The third-order valence-electron chi connectivity index (χ3n) is 4.53. The Balaban J connectivity index is 1.29. The highest BCUT2D eigenvalue weighted by Gasteiger charge is 2.16. The molecule has 1 aliphatic rings. The van der Waals surface area contributed by atoms with Gasteiger partial charge in [-0.05, 0) is 42.0 Å². The Morgan fingerprint density at radius 1 is 1.17 bits per heavy atom. The van der Waals surface area contributed by atoms with E-state index >= 15 is 0 Å². The first-order valence-electron chi connectivity index (χ1n) is 8.90. The lowest BCUT2D eigenvalue weighted by Crippen LogP contribution is -2.14. The standard InChI is InChI=1S/C21H16N2O5S/c1-25-14-3-5-16-13(8-14)9-18(28-16)15-10-29-21(22-15)23-20(24)7-12-2-4-17-19(6-12)27-11-26-17/h2-6,8-10H,7,11H2,1H3,(H,22,23,24). The zero-order valence-electron chi connectivity index (χ0n) is 15.4. The van der Waals surface area contributed by atoms with Crippen molar-refractivity contribution >= 4 is 33.3 Å². The fraction of sp³-hybridized carbons (Fsp3) is 0.143. The van der Waals surface area contributed by atoms with Crippen molar-refractivity contribution in [2.75, 3.05) is 19.2 Å². The molecule has 1 N–H and O–H groups in total. The van der Waals surface area contributed by atoms with Crippen LogP contribution in [0.2, 0.25) is 0 Å². The number of nitrogens with one attached hydrogen (secondary N) is 1. The van der Waals surface area contributed by atoms with Crippen LogP contribution >= 0.6 is 11.3 Å². The van der Waals surface area contributed by atoms with E-state index in [2.05, 4.69) is 10.3 Å². The lowest BCUT2D eigenvalue weighted by molar-refractivity contribution is -0.115. The number of methoxy groups -OCH3 is 1. The maximum absolute atomic E-state index is 12.4. The number of carbonyl (C=O) groups excluding carboxylic acids is 1. The molecule has 2 aromatic heterocycles. The summed E-state index contributed by atoms with van der Waals surface area (Å²) in [5.41, 5.74) is 2.26. The molecule has 5 rings (SSSR count). The average Bonchev–Trinajstić information content (AvgIpc) is 3.45. The Labute approximate surface area is 169 Å². The molecule has 0 spiro atoms. The van der Waals surface area contributed by atoms with Crippen LogP contribution in [0, 0.1) is 0 Å². The second-order valence-electron chi connectivity index (χ2n) is 6.46. The molecule has 0 fully saturated rings. The van der Waals surface area contributed by atoms with Crippen molar-refractivity contribution in [3.8, 4) is 28.7 Å². The van der Waals surface area contributed by atoms with Gasteiger partial charge < -0.3 is 23.9 Å². The van der Waals surface area contributed by atoms with E-state index in [1.807, 2.05) is 47.8 Å². The second-order valence-corrected chi connectivity index (χ2v) is 7.32. The molecule has 0 unspecified atom stereocenters. The Morgan fingerprint density at radius 2 is 2.07 bits per heavy atom. The van der Waals surface area contributed by atoms with Crippen molar-refractivity contribution in [1.29, 1.82) is 0 Å². The molecule has 0 bridgehead atoms. The molecule has 0 saturated heterocycles. The van der Waals surface area contributed by atoms with E-state index in [-0.39, 0.29) is 19.1 Å². The van der Waals surface area contributed by atoms with Gasteiger partial charge in [-0.1, -0.05) is 6.07 Å². The first kappa shape index (κ1) is 17.6. The molecule has 8 heteroatoms. The zero-order chi connectivity index (χ0) is 19.8. The van der Waals surface area contributed by atoms with Crippen LogP contribution in [0.4, 0.5) is 5.13 Å². The van der Waals surface area contributed by atoms with Gasteiger partial charge in [-0.25, -0.2) is 4.98 Å². The third kappa shape index (κ3) is 3.50. The van der Waals surface area contributed by atoms with Crippen LogP contribution < -0.4 is 19.5 Å². The monoisotopic (exact) mass is 408 g/mol. The Morgan fingerprint density at radius 3 is 2.97 bits per heavy atom. The van der Waals surface area contributed by atoms with Crippen molar-refractivity contribution in [2.24, 2.45) is 0 Å². The summed E-state index contributed by atoms with van der Waals surface area (Å²) >= 11 is 1.35. The predicted molar refractivity (Wildman–Crippen MR) is 109 cm³/mol. The van der Waals surface area contributed by atoms with Crippen LogP contribution in [-0.4, -0.2) is 24.8 Å². The number of benzene rings is 2. The number of furan rings is 1. The molecule has 0 aliphatic carbocycles. The topological polar surface area (TPSA) is 82.8 Å². The molecule has 0 saturated carbocycles. The molecule has 7 nitrogen and oxygen atoms in total. The number of fused-ring (bicyclic) bond motifs is 2. The number of hydrogen-bond acceptors (Lipinski definition) is 7. The molecule has 29 heavy (non-hydrogen) atoms. The van der Waals surface area contributed by atoms with Gasteiger partial charge in [0.05, 0.1) is 13.5 Å². The summed E-state index contributed by atoms with van der Waals surface area (Å²) in [6, 6.07) is 13.0. The lowest BCUT2D eigenvalue weighted by atomic mass is 10.1. The van der Waals surface area contributed by atoms with E-state index in [1.165, 1.54) is 11.3 Å². The van der Waals surface area contributed by atoms with Crippen LogP contribution in [-0.2, 0) is 11.2 Å². The van der Waals surface area contributed by atoms with E-state index in [9.17, 15) is 4.79 Å². The molecule has 1 aliphatic heterocycles. The summed E-state index contributed by atoms with van der Waals surface area (Å²) in [4.78, 5) is 16.9. The van der Waals surface area contributed by atoms with Crippen molar-refractivity contribution in [3.63, 3.8) is 0 Å². The van der Waals surface area contributed by atoms with Crippen LogP contribution in [0.5, 0.6) is 17.2 Å². The smallest absolute Gasteiger partial charge is 0.231 e. The molecule has 1 amide bonds. The molecular formula is C21H16N2O5S. The van der Waals surface area contributed by atoms with Gasteiger partial charge in [0.1, 0.15) is 17.0 Å². The van der Waals surface area contributed by atoms with Gasteiger partial charge in [0.15, 0.2) is 22.4 Å². The van der Waals surface area contributed by atoms with Crippen molar-refractivity contribution in [3.05, 3.63) is 53.4 Å². The average molecular weight is 408 g/mol. The highest BCUT2D eigenvalue weighted by molar-refractivity contribution is 7.14. The van der Waals surface area contributed by atoms with E-state index in [0.29, 0.717) is 28.1 Å². The predicted octanol–water partition coefficient (Wildman–Crippen LogP) is 4.47. The number of hydrogen-bond donors (Lipinski definition) is 1. The first-order chi connectivity index (χ1) is 14.2. The number of nitrogens with zero attached hydrogens (tertiary/aromatic N) is 1. The van der Waals surface area contributed by atoms with Crippen LogP contribution in [0.15, 0.2) is 52.3 Å². The van der Waals surface area contributed by atoms with Gasteiger partial charge in [0.25, 0.3) is 0 Å². The molecule has 0 radical (unpaired) electrons. The molecular weight excluding hydrogens is 392 g/mol. The minimum absolute atomic E-state index is 0.154. The van der Waals surface area contributed by atoms with Crippen LogP contribution in [0.1, 0.15) is 5.56 Å². The highest BCUT2D eigenvalue weighted by atomic mass is 32.1. The van der Waals surface area contributed by atoms with E-state index in [4.69, 9.17) is 18.6 Å². The number of aromatic nitrogens is 1. The summed E-state index contributed by atoms with van der Waals surface area (Å²) < 4.78 is 21.7. The number of amides is 1. The van der Waals surface area contributed by atoms with Gasteiger partial charge >= 0.3 is 0 Å². The van der Waals surface area contributed by atoms with E-state index < -0.39 is 0 Å². The summed E-state index contributed by atoms with van der Waals surface area (Å²) in [5.74, 6) is 2.61. The van der Waals surface area contributed by atoms with Crippen molar-refractivity contribution in [2.45, 2.75) is 6.42 Å². The van der Waals surface area contributed by atoms with Gasteiger partial charge in [-0.3, -0.25) is 4.79 Å². The normalized spacial score (nSPS) is 12.3. The van der Waals surface area contributed by atoms with E-state index in [1.54, 1.807) is 7.11 Å². The number of anilines is 1. The number of thiazole rings is 1. The van der Waals surface area contributed by atoms with Gasteiger partial charge in [-0.15, -0.1) is 11.3 Å². The van der Waals surface area contributed by atoms with Gasteiger partial charge in [0, 0.05) is 10.8 Å². The maximum atomic E-state index is 12.4. The summed E-state index contributed by atoms with van der Waals surface area (Å²) in [7, 11) is 1.63. The molecule has 2 aromatic carbocycles. The first-order valence-corrected chi connectivity index (χ1v) is 9.78. The quantitative estimate of drug-likeness (QED) is 0.524. The van der Waals surface area contributed by atoms with Crippen molar-refractivity contribution < 1.29 is 23.4 Å². The number of carbonyl (C=O) groups is 1. The Hall–Kier alpha value is -3.52. The highest BCUT2D eigenvalue weighted by Crippen LogP contribution is 2.33. The van der Waals surface area contributed by atoms with E-state index in [0.717, 1.165) is 22.3 Å². The largest absolute Gasteiger partial charge is 0.497 e. The fourth-order valence-electron chi connectivity index (χ4n) is 3.12. The van der Waals surface area contributed by atoms with Crippen LogP contribution in [0.3, 0.4) is 0 Å². The minimum atomic E-state index is -0.154. The Bertz CT molecular complexity index is 1210. The van der Waals surface area contributed by atoms with Gasteiger partial charge in [-0.2, -0.15) is 0 Å². The SMILES string of the molecule is COc1ccc2oc(-c3csc(NC(=O)Cc4ccc5c(c4)OCO5)n3)cc2c1. The second kappa shape index (κ2) is 7.14. The van der Waals surface area contributed by atoms with Gasteiger partial charge in [0.2, 0.25) is 12.7 Å². The Kier molecular flexibility index (Phi) is 4.33. The maximum Gasteiger partial charge on any atom is 0.231 e. The molecule has 4 aromatic rings. The summed E-state index contributed by atoms with van der Waals surface area (Å²) in [6.45, 7) is 0.210. The summed E-state index contributed by atoms with van der Waals surface area (Å²) in [6.07, 6.45) is 0.218. The zero-order valence-corrected chi connectivity index (χ0v) is 16.2. The molecule has 3 heterocycles. The molecule has 146 valence electrons. The number of rotatable bonds is 5. The molecule has 0 atom stereocenters. The van der Waals surface area contributed by atoms with Crippen molar-refractivity contribution in [1.82, 2.24) is 4.98 Å². The fourth-order valence-corrected chi connectivity index (χ4v) is 3.83.